The fraction of sp³-hybridized carbons (Fsp3) is 0.235. The van der Waals surface area contributed by atoms with Crippen LogP contribution in [0.1, 0.15) is 40.2 Å². The molecule has 1 aliphatic carbocycles. The van der Waals surface area contributed by atoms with Gasteiger partial charge >= 0.3 is 5.97 Å². The molecule has 0 radical (unpaired) electrons. The number of hydrogen-bond acceptors (Lipinski definition) is 2. The fourth-order valence-electron chi connectivity index (χ4n) is 2.69. The summed E-state index contributed by atoms with van der Waals surface area (Å²) in [7, 11) is 1.41. The molecule has 3 heteroatoms. The number of benzene rings is 1. The van der Waals surface area contributed by atoms with Crippen molar-refractivity contribution < 1.29 is 9.53 Å². The van der Waals surface area contributed by atoms with Crippen molar-refractivity contribution in [1.29, 1.82) is 0 Å². The first-order chi connectivity index (χ1) is 9.78. The molecule has 3 nitrogen and oxygen atoms in total. The Kier molecular flexibility index (Phi) is 3.42. The number of aryl methyl sites for hydroxylation is 1. The normalized spacial score (nSPS) is 15.9. The zero-order valence-electron chi connectivity index (χ0n) is 11.5. The number of carbonyl (C=O) groups excluding carboxylic acids is 1. The summed E-state index contributed by atoms with van der Waals surface area (Å²) in [6.45, 7) is 0. The minimum absolute atomic E-state index is 0.307. The lowest BCUT2D eigenvalue weighted by molar-refractivity contribution is 0.0594. The van der Waals surface area contributed by atoms with E-state index in [0.717, 1.165) is 30.5 Å². The van der Waals surface area contributed by atoms with E-state index in [4.69, 9.17) is 4.74 Å². The van der Waals surface area contributed by atoms with E-state index < -0.39 is 0 Å². The summed E-state index contributed by atoms with van der Waals surface area (Å²) in [5, 5.41) is 0. The predicted octanol–water partition coefficient (Wildman–Crippen LogP) is 3.68. The molecule has 0 fully saturated rings. The number of methoxy groups -OCH3 is 1. The Balaban J connectivity index is 2.00. The molecule has 0 bridgehead atoms. The van der Waals surface area contributed by atoms with Gasteiger partial charge in [0.2, 0.25) is 0 Å². The quantitative estimate of drug-likeness (QED) is 0.843. The van der Waals surface area contributed by atoms with E-state index in [-0.39, 0.29) is 5.97 Å². The second-order valence-corrected chi connectivity index (χ2v) is 5.00. The van der Waals surface area contributed by atoms with E-state index in [2.05, 4.69) is 23.2 Å². The molecule has 102 valence electrons. The highest BCUT2D eigenvalue weighted by atomic mass is 16.5. The number of esters is 1. The number of carbonyl (C=O) groups is 1. The lowest BCUT2D eigenvalue weighted by Gasteiger charge is -2.14. The highest BCUT2D eigenvalue weighted by molar-refractivity contribution is 5.91. The number of allylic oxidation sites excluding steroid dienone is 1. The Hall–Kier alpha value is -2.29. The molecule has 2 aromatic rings. The van der Waals surface area contributed by atoms with E-state index in [1.807, 2.05) is 24.3 Å². The minimum atomic E-state index is -0.307. The van der Waals surface area contributed by atoms with Crippen LogP contribution in [0, 0.1) is 0 Å². The molecule has 0 atom stereocenters. The number of nitrogens with one attached hydrogen (secondary N) is 1. The third-order valence-electron chi connectivity index (χ3n) is 3.66. The third kappa shape index (κ3) is 2.39. The Morgan fingerprint density at radius 2 is 2.05 bits per heavy atom. The van der Waals surface area contributed by atoms with Gasteiger partial charge in [0.05, 0.1) is 7.11 Å². The van der Waals surface area contributed by atoms with Gasteiger partial charge in [-0.25, -0.2) is 4.79 Å². The summed E-state index contributed by atoms with van der Waals surface area (Å²) in [5.74, 6) is -0.307. The Morgan fingerprint density at radius 3 is 2.80 bits per heavy atom. The first-order valence-corrected chi connectivity index (χ1v) is 6.84. The average Bonchev–Trinajstić information content (AvgIpc) is 2.93. The van der Waals surface area contributed by atoms with Crippen LogP contribution in [0.5, 0.6) is 0 Å². The van der Waals surface area contributed by atoms with Crippen LogP contribution in [0.4, 0.5) is 0 Å². The van der Waals surface area contributed by atoms with E-state index in [1.165, 1.54) is 18.2 Å². The van der Waals surface area contributed by atoms with Crippen molar-refractivity contribution in [3.8, 4) is 0 Å². The van der Waals surface area contributed by atoms with Gasteiger partial charge < -0.3 is 9.72 Å². The second-order valence-electron chi connectivity index (χ2n) is 5.00. The van der Waals surface area contributed by atoms with E-state index in [0.29, 0.717) is 5.69 Å². The number of ether oxygens (including phenoxy) is 1. The number of hydrogen-bond donors (Lipinski definition) is 1. The first-order valence-electron chi connectivity index (χ1n) is 6.84. The average molecular weight is 267 g/mol. The molecule has 0 aliphatic heterocycles. The standard InChI is InChI=1S/C17H17NO2/c1-20-17(19)16-11-14-13(8-5-9-15(14)18-16)10-12-6-3-2-4-7-12/h2-4,6-7,10-11,18H,5,8-9H2,1H3. The van der Waals surface area contributed by atoms with Crippen LogP contribution in [-0.4, -0.2) is 18.1 Å². The lowest BCUT2D eigenvalue weighted by atomic mass is 9.91. The zero-order valence-corrected chi connectivity index (χ0v) is 11.5. The van der Waals surface area contributed by atoms with Gasteiger partial charge in [-0.1, -0.05) is 36.4 Å². The van der Waals surface area contributed by atoms with Crippen molar-refractivity contribution in [3.63, 3.8) is 0 Å². The highest BCUT2D eigenvalue weighted by Crippen LogP contribution is 2.32. The van der Waals surface area contributed by atoms with Gasteiger partial charge in [-0.2, -0.15) is 0 Å². The second kappa shape index (κ2) is 5.37. The minimum Gasteiger partial charge on any atom is -0.464 e. The van der Waals surface area contributed by atoms with Crippen molar-refractivity contribution >= 4 is 17.6 Å². The first kappa shape index (κ1) is 12.7. The summed E-state index contributed by atoms with van der Waals surface area (Å²) in [4.78, 5) is 14.8. The molecule has 0 unspecified atom stereocenters. The molecule has 1 N–H and O–H groups in total. The van der Waals surface area contributed by atoms with E-state index >= 15 is 0 Å². The van der Waals surface area contributed by atoms with Crippen LogP contribution >= 0.6 is 0 Å². The summed E-state index contributed by atoms with van der Waals surface area (Å²) in [6.07, 6.45) is 5.33. The van der Waals surface area contributed by atoms with Crippen molar-refractivity contribution in [3.05, 3.63) is 58.9 Å². The summed E-state index contributed by atoms with van der Waals surface area (Å²) in [5.41, 5.74) is 5.30. The fourth-order valence-corrected chi connectivity index (χ4v) is 2.69. The predicted molar refractivity (Wildman–Crippen MR) is 79.4 cm³/mol. The molecule has 0 saturated heterocycles. The van der Waals surface area contributed by atoms with E-state index in [9.17, 15) is 4.79 Å². The van der Waals surface area contributed by atoms with Crippen LogP contribution in [0.15, 0.2) is 36.4 Å². The Morgan fingerprint density at radius 1 is 1.25 bits per heavy atom. The highest BCUT2D eigenvalue weighted by Gasteiger charge is 2.20. The molecule has 1 aromatic carbocycles. The number of aromatic nitrogens is 1. The molecule has 0 saturated carbocycles. The van der Waals surface area contributed by atoms with Crippen LogP contribution < -0.4 is 0 Å². The molecule has 1 aromatic heterocycles. The maximum Gasteiger partial charge on any atom is 0.354 e. The monoisotopic (exact) mass is 267 g/mol. The number of H-pyrrole nitrogens is 1. The number of fused-ring (bicyclic) bond motifs is 1. The molecular weight excluding hydrogens is 250 g/mol. The van der Waals surface area contributed by atoms with Crippen molar-refractivity contribution in [2.24, 2.45) is 0 Å². The van der Waals surface area contributed by atoms with Gasteiger partial charge in [-0.15, -0.1) is 0 Å². The number of aromatic amines is 1. The van der Waals surface area contributed by atoms with Gasteiger partial charge in [-0.3, -0.25) is 0 Å². The largest absolute Gasteiger partial charge is 0.464 e. The van der Waals surface area contributed by atoms with Crippen molar-refractivity contribution in [2.45, 2.75) is 19.3 Å². The van der Waals surface area contributed by atoms with Crippen molar-refractivity contribution in [1.82, 2.24) is 4.98 Å². The van der Waals surface area contributed by atoms with Gasteiger partial charge in [0, 0.05) is 5.69 Å². The van der Waals surface area contributed by atoms with Crippen molar-refractivity contribution in [2.75, 3.05) is 7.11 Å². The summed E-state index contributed by atoms with van der Waals surface area (Å²) in [6, 6.07) is 12.2. The number of rotatable bonds is 2. The Labute approximate surface area is 118 Å². The lowest BCUT2D eigenvalue weighted by Crippen LogP contribution is -2.02. The molecule has 0 amide bonds. The third-order valence-corrected chi connectivity index (χ3v) is 3.66. The molecule has 0 spiro atoms. The SMILES string of the molecule is COC(=O)c1cc2c([nH]1)CCCC2=Cc1ccccc1. The molecular formula is C17H17NO2. The molecule has 1 heterocycles. The maximum atomic E-state index is 11.6. The molecule has 20 heavy (non-hydrogen) atoms. The van der Waals surface area contributed by atoms with Gasteiger partial charge in [0.1, 0.15) is 5.69 Å². The van der Waals surface area contributed by atoms with Crippen LogP contribution in [0.3, 0.4) is 0 Å². The maximum absolute atomic E-state index is 11.6. The molecule has 1 aliphatic rings. The van der Waals surface area contributed by atoms with Crippen LogP contribution in [-0.2, 0) is 11.2 Å². The van der Waals surface area contributed by atoms with Crippen LogP contribution in [0.2, 0.25) is 0 Å². The van der Waals surface area contributed by atoms with Gasteiger partial charge in [0.25, 0.3) is 0 Å². The smallest absolute Gasteiger partial charge is 0.354 e. The van der Waals surface area contributed by atoms with Crippen LogP contribution in [0.25, 0.3) is 11.6 Å². The molecule has 3 rings (SSSR count). The summed E-state index contributed by atoms with van der Waals surface area (Å²) >= 11 is 0. The van der Waals surface area contributed by atoms with Gasteiger partial charge in [-0.05, 0) is 42.0 Å². The summed E-state index contributed by atoms with van der Waals surface area (Å²) < 4.78 is 4.78. The topological polar surface area (TPSA) is 42.1 Å². The van der Waals surface area contributed by atoms with Gasteiger partial charge in [0.15, 0.2) is 0 Å². The Bertz CT molecular complexity index is 653. The zero-order chi connectivity index (χ0) is 13.9. The van der Waals surface area contributed by atoms with E-state index in [1.54, 1.807) is 0 Å².